The molecule has 2 amide bonds. The Hall–Kier alpha value is -4.29. The molecule has 1 atom stereocenters. The monoisotopic (exact) mass is 573 g/mol. The van der Waals surface area contributed by atoms with Gasteiger partial charge in [0.1, 0.15) is 34.8 Å². The molecule has 0 spiro atoms. The van der Waals surface area contributed by atoms with Crippen molar-refractivity contribution in [1.29, 1.82) is 5.26 Å². The van der Waals surface area contributed by atoms with E-state index in [0.29, 0.717) is 24.2 Å². The summed E-state index contributed by atoms with van der Waals surface area (Å²) >= 11 is 6.31. The highest BCUT2D eigenvalue weighted by Gasteiger charge is 2.32. The second-order valence-corrected chi connectivity index (χ2v) is 10.9. The number of nitrogens with zero attached hydrogens (tertiary/aromatic N) is 3. The summed E-state index contributed by atoms with van der Waals surface area (Å²) in [7, 11) is 0. The van der Waals surface area contributed by atoms with Crippen LogP contribution in [0, 0.1) is 18.3 Å². The predicted octanol–water partition coefficient (Wildman–Crippen LogP) is 5.02. The highest BCUT2D eigenvalue weighted by molar-refractivity contribution is 6.35. The second kappa shape index (κ2) is 12.5. The van der Waals surface area contributed by atoms with Crippen LogP contribution in [0.3, 0.4) is 0 Å². The number of allylic oxidation sites excluding steroid dienone is 1. The van der Waals surface area contributed by atoms with Crippen LogP contribution in [0.4, 0.5) is 5.69 Å². The van der Waals surface area contributed by atoms with Gasteiger partial charge in [0.15, 0.2) is 0 Å². The number of ketones is 1. The Bertz CT molecular complexity index is 1550. The van der Waals surface area contributed by atoms with Gasteiger partial charge in [-0.25, -0.2) is 0 Å². The van der Waals surface area contributed by atoms with E-state index in [1.807, 2.05) is 25.1 Å². The molecule has 2 aliphatic rings. The van der Waals surface area contributed by atoms with Crippen LogP contribution in [0.15, 0.2) is 64.3 Å². The lowest BCUT2D eigenvalue weighted by Crippen LogP contribution is -2.49. The Morgan fingerprint density at radius 2 is 1.83 bits per heavy atom. The molecule has 3 aromatic rings. The zero-order valence-corrected chi connectivity index (χ0v) is 23.7. The van der Waals surface area contributed by atoms with Gasteiger partial charge in [-0.2, -0.15) is 5.26 Å². The summed E-state index contributed by atoms with van der Waals surface area (Å²) < 4.78 is 5.68. The van der Waals surface area contributed by atoms with Gasteiger partial charge in [-0.15, -0.1) is 0 Å². The van der Waals surface area contributed by atoms with Crippen molar-refractivity contribution in [2.24, 2.45) is 0 Å². The van der Waals surface area contributed by atoms with Crippen molar-refractivity contribution in [3.63, 3.8) is 0 Å². The molecule has 9 nitrogen and oxygen atoms in total. The molecule has 10 heteroatoms. The highest BCUT2D eigenvalue weighted by Crippen LogP contribution is 2.26. The van der Waals surface area contributed by atoms with Crippen LogP contribution < -0.4 is 10.6 Å². The third-order valence-corrected chi connectivity index (χ3v) is 7.83. The fraction of sp³-hybridized carbons (Fsp3) is 0.355. The Kier molecular flexibility index (Phi) is 8.60. The van der Waals surface area contributed by atoms with Crippen molar-refractivity contribution < 1.29 is 18.8 Å². The second-order valence-electron chi connectivity index (χ2n) is 10.4. The molecule has 2 N–H and O–H groups in total. The smallest absolute Gasteiger partial charge is 0.245 e. The maximum Gasteiger partial charge on any atom is 0.245 e. The number of likely N-dealkylation sites (tertiary alicyclic amines) is 2. The lowest BCUT2D eigenvalue weighted by molar-refractivity contribution is -0.140. The molecule has 1 aromatic heterocycles. The molecule has 212 valence electrons. The normalized spacial score (nSPS) is 18.1. The minimum absolute atomic E-state index is 0.0175. The summed E-state index contributed by atoms with van der Waals surface area (Å²) in [5, 5.41) is 17.6. The van der Waals surface area contributed by atoms with Crippen molar-refractivity contribution in [3.8, 4) is 6.07 Å². The van der Waals surface area contributed by atoms with E-state index in [4.69, 9.17) is 16.0 Å². The molecule has 2 aromatic carbocycles. The van der Waals surface area contributed by atoms with Gasteiger partial charge < -0.3 is 24.9 Å². The van der Waals surface area contributed by atoms with Crippen molar-refractivity contribution in [3.05, 3.63) is 76.3 Å². The predicted molar refractivity (Wildman–Crippen MR) is 156 cm³/mol. The number of carbonyl (C=O) groups is 3. The first kappa shape index (κ1) is 28.2. The van der Waals surface area contributed by atoms with Gasteiger partial charge in [-0.1, -0.05) is 23.7 Å². The maximum atomic E-state index is 13.7. The first-order valence-corrected chi connectivity index (χ1v) is 14.3. The van der Waals surface area contributed by atoms with Crippen LogP contribution >= 0.6 is 11.6 Å². The van der Waals surface area contributed by atoms with E-state index in [2.05, 4.69) is 10.6 Å². The number of fused-ring (bicyclic) bond motifs is 1. The average molecular weight is 574 g/mol. The highest BCUT2D eigenvalue weighted by atomic mass is 35.5. The number of amides is 2. The summed E-state index contributed by atoms with van der Waals surface area (Å²) in [4.78, 5) is 43.6. The van der Waals surface area contributed by atoms with Gasteiger partial charge >= 0.3 is 0 Å². The van der Waals surface area contributed by atoms with Gasteiger partial charge in [0, 0.05) is 36.3 Å². The summed E-state index contributed by atoms with van der Waals surface area (Å²) in [6.45, 7) is 3.78. The third kappa shape index (κ3) is 6.39. The van der Waals surface area contributed by atoms with Crippen LogP contribution in [0.5, 0.6) is 0 Å². The largest absolute Gasteiger partial charge is 0.461 e. The van der Waals surface area contributed by atoms with Crippen molar-refractivity contribution in [2.75, 3.05) is 31.5 Å². The molecule has 0 aliphatic carbocycles. The van der Waals surface area contributed by atoms with E-state index in [-0.39, 0.29) is 40.3 Å². The molecule has 3 heterocycles. The van der Waals surface area contributed by atoms with Gasteiger partial charge in [0.05, 0.1) is 11.6 Å². The fourth-order valence-corrected chi connectivity index (χ4v) is 5.59. The van der Waals surface area contributed by atoms with Crippen LogP contribution in [-0.2, 0) is 9.59 Å². The number of Topliss-reactive ketones (excluding diaryl/α,β-unsaturated/α-hetero) is 1. The lowest BCUT2D eigenvalue weighted by atomic mass is 10.0. The van der Waals surface area contributed by atoms with Crippen LogP contribution in [0.25, 0.3) is 11.0 Å². The van der Waals surface area contributed by atoms with Gasteiger partial charge in [-0.3, -0.25) is 14.4 Å². The first-order chi connectivity index (χ1) is 19.8. The molecule has 2 saturated heterocycles. The van der Waals surface area contributed by atoms with Crippen LogP contribution in [-0.4, -0.2) is 59.6 Å². The number of anilines is 1. The number of nitriles is 1. The van der Waals surface area contributed by atoms with Crippen LogP contribution in [0.2, 0.25) is 5.02 Å². The van der Waals surface area contributed by atoms with E-state index >= 15 is 0 Å². The number of aryl methyl sites for hydroxylation is 1. The maximum absolute atomic E-state index is 13.7. The summed E-state index contributed by atoms with van der Waals surface area (Å²) in [6, 6.07) is 15.1. The lowest BCUT2D eigenvalue weighted by Gasteiger charge is -2.28. The standard InChI is InChI=1S/C31H32ClN5O4/c1-20-16-21-17-22(11-12-27(21)41-20)34-30(24(18-33)29(39)23-8-2-3-9-25(23)32)35-26-10-4-5-15-37(31(26)40)19-28(38)36-13-6-7-14-36/h2-3,8-9,11-12,16-17,26,34-35H,4-7,10,13-15,19H2,1H3/t26-/m0/s1. The number of halogens is 1. The van der Waals surface area contributed by atoms with Crippen LogP contribution in [0.1, 0.15) is 48.2 Å². The van der Waals surface area contributed by atoms with Gasteiger partial charge in [0.25, 0.3) is 0 Å². The number of benzene rings is 2. The molecule has 5 rings (SSSR count). The molecule has 0 radical (unpaired) electrons. The molecule has 0 saturated carbocycles. The minimum Gasteiger partial charge on any atom is -0.461 e. The molecule has 2 fully saturated rings. The Morgan fingerprint density at radius 1 is 1.07 bits per heavy atom. The molecule has 0 unspecified atom stereocenters. The van der Waals surface area contributed by atoms with E-state index in [9.17, 15) is 19.6 Å². The average Bonchev–Trinajstić information content (AvgIpc) is 3.59. The third-order valence-electron chi connectivity index (χ3n) is 7.50. The van der Waals surface area contributed by atoms with Gasteiger partial charge in [-0.05, 0) is 75.4 Å². The molecule has 2 aliphatic heterocycles. The molecule has 0 bridgehead atoms. The SMILES string of the molecule is Cc1cc2cc(NC(N[C@H]3CCCCN(CC(=O)N4CCCC4)C3=O)=C(C#N)C(=O)c3ccccc3Cl)ccc2o1. The summed E-state index contributed by atoms with van der Waals surface area (Å²) in [5.74, 6) is -0.0118. The zero-order chi connectivity index (χ0) is 28.9. The number of hydrogen-bond donors (Lipinski definition) is 2. The van der Waals surface area contributed by atoms with Crippen molar-refractivity contribution >= 4 is 45.9 Å². The number of nitrogens with one attached hydrogen (secondary N) is 2. The Morgan fingerprint density at radius 3 is 2.59 bits per heavy atom. The molecular formula is C31H32ClN5O4. The number of hydrogen-bond acceptors (Lipinski definition) is 7. The number of furan rings is 1. The number of carbonyl (C=O) groups excluding carboxylic acids is 3. The van der Waals surface area contributed by atoms with E-state index in [0.717, 1.165) is 49.9 Å². The quantitative estimate of drug-likeness (QED) is 0.221. The van der Waals surface area contributed by atoms with E-state index < -0.39 is 11.8 Å². The Labute approximate surface area is 243 Å². The minimum atomic E-state index is -0.742. The zero-order valence-electron chi connectivity index (χ0n) is 22.9. The molecular weight excluding hydrogens is 542 g/mol. The fourth-order valence-electron chi connectivity index (χ4n) is 5.37. The molecule has 41 heavy (non-hydrogen) atoms. The van der Waals surface area contributed by atoms with Gasteiger partial charge in [0.2, 0.25) is 17.6 Å². The topological polar surface area (TPSA) is 119 Å². The van der Waals surface area contributed by atoms with Crippen molar-refractivity contribution in [1.82, 2.24) is 15.1 Å². The first-order valence-electron chi connectivity index (χ1n) is 13.9. The van der Waals surface area contributed by atoms with E-state index in [1.54, 1.807) is 46.2 Å². The summed E-state index contributed by atoms with van der Waals surface area (Å²) in [5.41, 5.74) is 1.27. The number of rotatable bonds is 8. The van der Waals surface area contributed by atoms with E-state index in [1.165, 1.54) is 0 Å². The van der Waals surface area contributed by atoms with Crippen molar-refractivity contribution in [2.45, 2.75) is 45.1 Å². The summed E-state index contributed by atoms with van der Waals surface area (Å²) in [6.07, 6.45) is 3.93. The Balaban J connectivity index is 1.47.